The second-order valence-corrected chi connectivity index (χ2v) is 6.51. The molecule has 17 heavy (non-hydrogen) atoms. The lowest BCUT2D eigenvalue weighted by molar-refractivity contribution is -0.149. The number of amides is 1. The number of carboxylic acids is 1. The van der Waals surface area contributed by atoms with Crippen molar-refractivity contribution in [3.05, 3.63) is 0 Å². The molecule has 1 aliphatic heterocycles. The molecule has 0 bridgehead atoms. The summed E-state index contributed by atoms with van der Waals surface area (Å²) in [5.74, 6) is 0.869. The van der Waals surface area contributed by atoms with Gasteiger partial charge in [-0.25, -0.2) is 4.79 Å². The summed E-state index contributed by atoms with van der Waals surface area (Å²) >= 11 is 1.66. The molecule has 0 aromatic heterocycles. The van der Waals surface area contributed by atoms with Crippen molar-refractivity contribution in [2.24, 2.45) is 11.8 Å². The molecule has 0 aromatic carbocycles. The number of hydrogen-bond acceptors (Lipinski definition) is 3. The maximum atomic E-state index is 12.2. The Hall–Kier alpha value is -0.710. The quantitative estimate of drug-likeness (QED) is 0.828. The van der Waals surface area contributed by atoms with Gasteiger partial charge in [-0.15, -0.1) is 11.8 Å². The highest BCUT2D eigenvalue weighted by atomic mass is 32.2. The van der Waals surface area contributed by atoms with E-state index in [1.165, 1.54) is 0 Å². The first kappa shape index (κ1) is 11.4. The highest BCUT2D eigenvalue weighted by Crippen LogP contribution is 2.46. The number of carbonyl (C=O) groups excluding carboxylic acids is 1. The van der Waals surface area contributed by atoms with Gasteiger partial charge in [-0.2, -0.15) is 0 Å². The van der Waals surface area contributed by atoms with Crippen LogP contribution < -0.4 is 0 Å². The third-order valence-corrected chi connectivity index (χ3v) is 5.26. The molecular formula is C12H17NO3S. The van der Waals surface area contributed by atoms with E-state index in [9.17, 15) is 14.7 Å². The van der Waals surface area contributed by atoms with Crippen molar-refractivity contribution in [3.8, 4) is 0 Å². The zero-order valence-corrected chi connectivity index (χ0v) is 10.5. The number of hydrogen-bond donors (Lipinski definition) is 1. The lowest BCUT2D eigenvalue weighted by atomic mass is 10.2. The molecule has 2 aliphatic carbocycles. The van der Waals surface area contributed by atoms with E-state index in [1.807, 2.05) is 0 Å². The summed E-state index contributed by atoms with van der Waals surface area (Å²) in [6.45, 7) is 0. The molecule has 94 valence electrons. The van der Waals surface area contributed by atoms with Gasteiger partial charge in [0.05, 0.1) is 5.37 Å². The van der Waals surface area contributed by atoms with Gasteiger partial charge in [-0.1, -0.05) is 0 Å². The van der Waals surface area contributed by atoms with Gasteiger partial charge in [0.1, 0.15) is 6.04 Å². The third-order valence-electron chi connectivity index (χ3n) is 3.79. The molecule has 1 heterocycles. The summed E-state index contributed by atoms with van der Waals surface area (Å²) in [7, 11) is 0. The van der Waals surface area contributed by atoms with Crippen LogP contribution in [0.1, 0.15) is 32.1 Å². The van der Waals surface area contributed by atoms with E-state index in [2.05, 4.69) is 0 Å². The second-order valence-electron chi connectivity index (χ2n) is 5.36. The van der Waals surface area contributed by atoms with Gasteiger partial charge in [0.15, 0.2) is 0 Å². The van der Waals surface area contributed by atoms with Crippen molar-refractivity contribution in [2.75, 3.05) is 5.75 Å². The summed E-state index contributed by atoms with van der Waals surface area (Å²) in [6.07, 6.45) is 5.14. The highest BCUT2D eigenvalue weighted by Gasteiger charge is 2.48. The maximum absolute atomic E-state index is 12.2. The van der Waals surface area contributed by atoms with Gasteiger partial charge in [0, 0.05) is 12.2 Å². The Morgan fingerprint density at radius 3 is 2.47 bits per heavy atom. The number of aliphatic carboxylic acids is 1. The van der Waals surface area contributed by atoms with Gasteiger partial charge in [-0.3, -0.25) is 4.79 Å². The summed E-state index contributed by atoms with van der Waals surface area (Å²) in [6, 6.07) is -0.586. The average molecular weight is 255 g/mol. The minimum Gasteiger partial charge on any atom is -0.480 e. The van der Waals surface area contributed by atoms with Crippen LogP contribution >= 0.6 is 11.8 Å². The van der Waals surface area contributed by atoms with Gasteiger partial charge in [-0.05, 0) is 37.5 Å². The molecule has 1 N–H and O–H groups in total. The molecule has 2 saturated carbocycles. The van der Waals surface area contributed by atoms with E-state index >= 15 is 0 Å². The van der Waals surface area contributed by atoms with E-state index in [0.29, 0.717) is 24.0 Å². The van der Waals surface area contributed by atoms with Gasteiger partial charge in [0.2, 0.25) is 5.91 Å². The number of thioether (sulfide) groups is 1. The second kappa shape index (κ2) is 4.19. The van der Waals surface area contributed by atoms with Crippen LogP contribution in [0.4, 0.5) is 0 Å². The van der Waals surface area contributed by atoms with E-state index in [4.69, 9.17) is 0 Å². The first-order chi connectivity index (χ1) is 8.16. The van der Waals surface area contributed by atoms with Crippen LogP contribution in [-0.2, 0) is 9.59 Å². The fourth-order valence-corrected chi connectivity index (χ4v) is 4.10. The van der Waals surface area contributed by atoms with E-state index < -0.39 is 12.0 Å². The number of rotatable bonds is 4. The molecule has 0 aromatic rings. The standard InChI is InChI=1S/C12H17NO3S/c14-10(5-7-1-2-7)13-9(12(15)16)6-17-11(13)8-3-4-8/h7-9,11H,1-6H2,(H,15,16). The zero-order valence-electron chi connectivity index (χ0n) is 9.67. The van der Waals surface area contributed by atoms with Gasteiger partial charge >= 0.3 is 5.97 Å². The van der Waals surface area contributed by atoms with Crippen molar-refractivity contribution < 1.29 is 14.7 Å². The summed E-state index contributed by atoms with van der Waals surface area (Å²) in [4.78, 5) is 25.1. The molecule has 1 amide bonds. The van der Waals surface area contributed by atoms with Crippen molar-refractivity contribution in [1.29, 1.82) is 0 Å². The molecule has 5 heteroatoms. The Bertz CT molecular complexity index is 352. The minimum absolute atomic E-state index is 0.0711. The highest BCUT2D eigenvalue weighted by molar-refractivity contribution is 8.00. The molecular weight excluding hydrogens is 238 g/mol. The fourth-order valence-electron chi connectivity index (χ4n) is 2.45. The van der Waals surface area contributed by atoms with Crippen molar-refractivity contribution in [1.82, 2.24) is 4.90 Å². The molecule has 3 rings (SSSR count). The van der Waals surface area contributed by atoms with Crippen LogP contribution in [-0.4, -0.2) is 39.1 Å². The van der Waals surface area contributed by atoms with Crippen LogP contribution in [0.3, 0.4) is 0 Å². The first-order valence-electron chi connectivity index (χ1n) is 6.32. The Labute approximate surface area is 105 Å². The Morgan fingerprint density at radius 2 is 1.94 bits per heavy atom. The smallest absolute Gasteiger partial charge is 0.327 e. The SMILES string of the molecule is O=C(O)C1CSC(C2CC2)N1C(=O)CC1CC1. The third kappa shape index (κ3) is 2.30. The predicted molar refractivity (Wildman–Crippen MR) is 64.6 cm³/mol. The Balaban J connectivity index is 1.73. The topological polar surface area (TPSA) is 57.6 Å². The Kier molecular flexibility index (Phi) is 2.81. The van der Waals surface area contributed by atoms with E-state index in [-0.39, 0.29) is 11.3 Å². The summed E-state index contributed by atoms with van der Waals surface area (Å²) in [5, 5.41) is 9.34. The van der Waals surface area contributed by atoms with Crippen LogP contribution in [0.15, 0.2) is 0 Å². The van der Waals surface area contributed by atoms with E-state index in [1.54, 1.807) is 16.7 Å². The van der Waals surface area contributed by atoms with Crippen molar-refractivity contribution in [3.63, 3.8) is 0 Å². The van der Waals surface area contributed by atoms with Gasteiger partial charge in [0.25, 0.3) is 0 Å². The predicted octanol–water partition coefficient (Wildman–Crippen LogP) is 1.55. The molecule has 0 radical (unpaired) electrons. The molecule has 3 fully saturated rings. The molecule has 0 spiro atoms. The molecule has 3 aliphatic rings. The number of nitrogens with zero attached hydrogens (tertiary/aromatic N) is 1. The normalized spacial score (nSPS) is 32.8. The van der Waals surface area contributed by atoms with Crippen LogP contribution in [0.2, 0.25) is 0 Å². The summed E-state index contributed by atoms with van der Waals surface area (Å²) in [5.41, 5.74) is 0. The van der Waals surface area contributed by atoms with Crippen LogP contribution in [0, 0.1) is 11.8 Å². The lowest BCUT2D eigenvalue weighted by Crippen LogP contribution is -2.46. The number of carbonyl (C=O) groups is 2. The van der Waals surface area contributed by atoms with Gasteiger partial charge < -0.3 is 10.0 Å². The molecule has 4 nitrogen and oxygen atoms in total. The maximum Gasteiger partial charge on any atom is 0.327 e. The zero-order chi connectivity index (χ0) is 12.0. The largest absolute Gasteiger partial charge is 0.480 e. The monoisotopic (exact) mass is 255 g/mol. The fraction of sp³-hybridized carbons (Fsp3) is 0.833. The molecule has 1 saturated heterocycles. The van der Waals surface area contributed by atoms with Crippen LogP contribution in [0.5, 0.6) is 0 Å². The lowest BCUT2D eigenvalue weighted by Gasteiger charge is -2.27. The molecule has 2 unspecified atom stereocenters. The van der Waals surface area contributed by atoms with Crippen molar-refractivity contribution >= 4 is 23.6 Å². The van der Waals surface area contributed by atoms with E-state index in [0.717, 1.165) is 25.7 Å². The average Bonchev–Trinajstić information content (AvgIpc) is 3.18. The summed E-state index contributed by atoms with van der Waals surface area (Å²) < 4.78 is 0. The van der Waals surface area contributed by atoms with Crippen molar-refractivity contribution in [2.45, 2.75) is 43.5 Å². The first-order valence-corrected chi connectivity index (χ1v) is 7.37. The number of carboxylic acid groups (broad SMARTS) is 1. The minimum atomic E-state index is -0.843. The molecule has 2 atom stereocenters. The van der Waals surface area contributed by atoms with Crippen LogP contribution in [0.25, 0.3) is 0 Å². The Morgan fingerprint density at radius 1 is 1.24 bits per heavy atom.